The Hall–Kier alpha value is -1.25. The number of unbranched alkanes of at least 4 members (excludes halogenated alkanes) is 3. The first-order valence-electron chi connectivity index (χ1n) is 11.2. The van der Waals surface area contributed by atoms with Crippen molar-refractivity contribution in [2.24, 2.45) is 5.92 Å². The lowest BCUT2D eigenvalue weighted by atomic mass is 9.62. The number of fused-ring (bicyclic) bond motifs is 4. The lowest BCUT2D eigenvalue weighted by Crippen LogP contribution is -2.77. The number of allylic oxidation sites excluding steroid dienone is 3. The van der Waals surface area contributed by atoms with Crippen molar-refractivity contribution in [1.82, 2.24) is 5.32 Å². The number of nitrogens with one attached hydrogen (secondary N) is 1. The van der Waals surface area contributed by atoms with E-state index in [2.05, 4.69) is 25.2 Å². The molecule has 174 valence electrons. The second-order valence-corrected chi connectivity index (χ2v) is 9.97. The number of aliphatic hydroxyl groups is 3. The molecule has 3 fully saturated rings. The molecule has 1 amide bonds. The van der Waals surface area contributed by atoms with Gasteiger partial charge in [-0.2, -0.15) is 0 Å². The number of amides is 1. The monoisotopic (exact) mass is 455 g/mol. The Labute approximate surface area is 188 Å². The van der Waals surface area contributed by atoms with Crippen LogP contribution in [0.2, 0.25) is 0 Å². The molecular formula is C23H34ClNO6. The fraction of sp³-hybridized carbons (Fsp3) is 0.739. The first kappa shape index (κ1) is 24.4. The van der Waals surface area contributed by atoms with Gasteiger partial charge in [0.1, 0.15) is 30.0 Å². The van der Waals surface area contributed by atoms with E-state index in [9.17, 15) is 24.9 Å². The summed E-state index contributed by atoms with van der Waals surface area (Å²) >= 11 is 6.33. The molecule has 1 heterocycles. The van der Waals surface area contributed by atoms with Crippen LogP contribution in [0.4, 0.5) is 0 Å². The number of alkyl halides is 1. The fourth-order valence-corrected chi connectivity index (χ4v) is 5.22. The van der Waals surface area contributed by atoms with Crippen molar-refractivity contribution in [2.75, 3.05) is 0 Å². The fourth-order valence-electron chi connectivity index (χ4n) is 4.77. The average Bonchev–Trinajstić information content (AvgIpc) is 3.52. The van der Waals surface area contributed by atoms with Gasteiger partial charge >= 0.3 is 0 Å². The maximum absolute atomic E-state index is 12.5. The summed E-state index contributed by atoms with van der Waals surface area (Å²) in [5, 5.41) is 34.7. The molecule has 0 spiro atoms. The van der Waals surface area contributed by atoms with E-state index in [1.807, 2.05) is 6.08 Å². The van der Waals surface area contributed by atoms with E-state index in [4.69, 9.17) is 16.3 Å². The van der Waals surface area contributed by atoms with Crippen LogP contribution in [0.15, 0.2) is 23.8 Å². The lowest BCUT2D eigenvalue weighted by Gasteiger charge is -2.52. The summed E-state index contributed by atoms with van der Waals surface area (Å²) in [5.74, 6) is -0.724. The van der Waals surface area contributed by atoms with Crippen LogP contribution >= 0.6 is 11.6 Å². The molecule has 2 aliphatic carbocycles. The highest BCUT2D eigenvalue weighted by molar-refractivity contribution is 6.38. The highest BCUT2D eigenvalue weighted by atomic mass is 35.5. The van der Waals surface area contributed by atoms with Crippen molar-refractivity contribution in [2.45, 2.75) is 100 Å². The van der Waals surface area contributed by atoms with Crippen molar-refractivity contribution < 1.29 is 29.6 Å². The SMILES string of the molecule is CCCCCC[C@@H](C)/C=C/C(C)=C/C(=O)N[C@H]1C[C@@]2(O)[C@H]3O[C@H]3C(=O)[C@](Cl)([C@H]1O)[C@H]2O. The summed E-state index contributed by atoms with van der Waals surface area (Å²) in [4.78, 5) is 22.9. The molecule has 8 heteroatoms. The van der Waals surface area contributed by atoms with Gasteiger partial charge in [0.25, 0.3) is 0 Å². The predicted octanol–water partition coefficient (Wildman–Crippen LogP) is 1.76. The van der Waals surface area contributed by atoms with Gasteiger partial charge in [0.15, 0.2) is 10.7 Å². The molecule has 2 saturated carbocycles. The average molecular weight is 456 g/mol. The van der Waals surface area contributed by atoms with Crippen molar-refractivity contribution >= 4 is 23.3 Å². The minimum absolute atomic E-state index is 0.165. The van der Waals surface area contributed by atoms with Crippen molar-refractivity contribution in [1.29, 1.82) is 0 Å². The van der Waals surface area contributed by atoms with Crippen LogP contribution in [-0.4, -0.2) is 67.9 Å². The van der Waals surface area contributed by atoms with E-state index in [0.717, 1.165) is 12.0 Å². The molecule has 2 bridgehead atoms. The summed E-state index contributed by atoms with van der Waals surface area (Å²) in [6, 6.07) is -1.00. The molecule has 4 N–H and O–H groups in total. The Kier molecular flexibility index (Phi) is 7.33. The van der Waals surface area contributed by atoms with E-state index < -0.39 is 52.6 Å². The Bertz CT molecular complexity index is 769. The molecule has 1 saturated heterocycles. The van der Waals surface area contributed by atoms with Crippen LogP contribution in [-0.2, 0) is 14.3 Å². The highest BCUT2D eigenvalue weighted by Crippen LogP contribution is 2.54. The maximum Gasteiger partial charge on any atom is 0.244 e. The molecule has 0 unspecified atom stereocenters. The summed E-state index contributed by atoms with van der Waals surface area (Å²) < 4.78 is 5.22. The Morgan fingerprint density at radius 1 is 1.35 bits per heavy atom. The van der Waals surface area contributed by atoms with Gasteiger partial charge in [0.2, 0.25) is 5.91 Å². The first-order chi connectivity index (χ1) is 14.6. The molecule has 1 aliphatic heterocycles. The van der Waals surface area contributed by atoms with E-state index in [1.54, 1.807) is 6.92 Å². The number of carbonyl (C=O) groups is 2. The van der Waals surface area contributed by atoms with Gasteiger partial charge in [0, 0.05) is 12.5 Å². The van der Waals surface area contributed by atoms with Gasteiger partial charge in [-0.25, -0.2) is 0 Å². The predicted molar refractivity (Wildman–Crippen MR) is 117 cm³/mol. The number of ether oxygens (including phenoxy) is 1. The number of carbonyl (C=O) groups excluding carboxylic acids is 2. The molecule has 31 heavy (non-hydrogen) atoms. The molecular weight excluding hydrogens is 422 g/mol. The summed E-state index contributed by atoms with van der Waals surface area (Å²) in [6.45, 7) is 6.13. The zero-order chi connectivity index (χ0) is 23.0. The first-order valence-corrected chi connectivity index (χ1v) is 11.6. The molecule has 0 aromatic heterocycles. The van der Waals surface area contributed by atoms with Gasteiger partial charge in [-0.3, -0.25) is 9.59 Å². The molecule has 0 aromatic carbocycles. The Morgan fingerprint density at radius 3 is 2.74 bits per heavy atom. The molecule has 3 rings (SSSR count). The number of rotatable bonds is 9. The number of halogens is 1. The minimum atomic E-state index is -2.12. The second kappa shape index (κ2) is 9.32. The maximum atomic E-state index is 12.5. The quantitative estimate of drug-likeness (QED) is 0.138. The largest absolute Gasteiger partial charge is 0.389 e. The van der Waals surface area contributed by atoms with E-state index in [-0.39, 0.29) is 6.42 Å². The van der Waals surface area contributed by atoms with Gasteiger partial charge in [-0.15, -0.1) is 11.6 Å². The molecule has 0 radical (unpaired) electrons. The van der Waals surface area contributed by atoms with Crippen LogP contribution in [0.1, 0.15) is 59.3 Å². The lowest BCUT2D eigenvalue weighted by molar-refractivity contribution is -0.180. The Morgan fingerprint density at radius 2 is 2.06 bits per heavy atom. The molecule has 8 atom stereocenters. The third kappa shape index (κ3) is 4.62. The van der Waals surface area contributed by atoms with Crippen LogP contribution in [0, 0.1) is 5.92 Å². The number of hydrogen-bond acceptors (Lipinski definition) is 6. The summed E-state index contributed by atoms with van der Waals surface area (Å²) in [7, 11) is 0. The number of epoxide rings is 1. The zero-order valence-corrected chi connectivity index (χ0v) is 19.1. The van der Waals surface area contributed by atoms with E-state index in [0.29, 0.717) is 5.92 Å². The molecule has 7 nitrogen and oxygen atoms in total. The third-order valence-electron chi connectivity index (χ3n) is 6.74. The smallest absolute Gasteiger partial charge is 0.244 e. The highest BCUT2D eigenvalue weighted by Gasteiger charge is 2.78. The van der Waals surface area contributed by atoms with Crippen molar-refractivity contribution in [3.8, 4) is 0 Å². The van der Waals surface area contributed by atoms with E-state index >= 15 is 0 Å². The van der Waals surface area contributed by atoms with Gasteiger partial charge in [0.05, 0.1) is 6.04 Å². The minimum Gasteiger partial charge on any atom is -0.389 e. The number of aliphatic hydroxyl groups excluding tert-OH is 2. The molecule has 3 aliphatic rings. The van der Waals surface area contributed by atoms with E-state index in [1.165, 1.54) is 31.8 Å². The summed E-state index contributed by atoms with van der Waals surface area (Å²) in [5.41, 5.74) is -1.06. The van der Waals surface area contributed by atoms with Crippen LogP contribution in [0.5, 0.6) is 0 Å². The number of hydrogen-bond donors (Lipinski definition) is 4. The standard InChI is InChI=1S/C23H34ClNO6/c1-4-5-6-7-8-13(2)9-10-14(3)11-16(26)25-15-12-22(30)20-17(31-20)19(28)23(24,18(15)27)21(22)29/h9-11,13,15,17-18,20-21,27,29-30H,4-8,12H2,1-3H3,(H,25,26)/b10-9+,14-11+/t13-,15+,17+,18+,20+,21+,22-,23-/m1/s1. The second-order valence-electron chi connectivity index (χ2n) is 9.34. The van der Waals surface area contributed by atoms with Crippen LogP contribution in [0.3, 0.4) is 0 Å². The third-order valence-corrected chi connectivity index (χ3v) is 7.35. The van der Waals surface area contributed by atoms with Crippen LogP contribution < -0.4 is 5.32 Å². The summed E-state index contributed by atoms with van der Waals surface area (Å²) in [6.07, 6.45) is 6.14. The zero-order valence-electron chi connectivity index (χ0n) is 18.4. The normalized spacial score (nSPS) is 40.5. The Balaban J connectivity index is 1.60. The van der Waals surface area contributed by atoms with Gasteiger partial charge in [-0.05, 0) is 24.8 Å². The van der Waals surface area contributed by atoms with Crippen molar-refractivity contribution in [3.05, 3.63) is 23.8 Å². The topological polar surface area (TPSA) is 119 Å². The van der Waals surface area contributed by atoms with Gasteiger partial charge < -0.3 is 25.4 Å². The van der Waals surface area contributed by atoms with Crippen LogP contribution in [0.25, 0.3) is 0 Å². The molecule has 0 aromatic rings. The number of Topliss-reactive ketones (excluding diaryl/α,β-unsaturated/α-hetero) is 1. The number of ketones is 1. The van der Waals surface area contributed by atoms with Gasteiger partial charge in [-0.1, -0.05) is 51.7 Å². The van der Waals surface area contributed by atoms with Crippen molar-refractivity contribution in [3.63, 3.8) is 0 Å².